The van der Waals surface area contributed by atoms with Crippen molar-refractivity contribution in [3.63, 3.8) is 0 Å². The summed E-state index contributed by atoms with van der Waals surface area (Å²) in [6, 6.07) is 0.397. The maximum absolute atomic E-state index is 11.4. The second kappa shape index (κ2) is 7.83. The number of sulfonamides is 1. The van der Waals surface area contributed by atoms with Crippen LogP contribution in [0.5, 0.6) is 0 Å². The maximum Gasteiger partial charge on any atom is 0.211 e. The average Bonchev–Trinajstić information content (AvgIpc) is 2.42. The molecule has 7 heteroatoms. The van der Waals surface area contributed by atoms with Crippen molar-refractivity contribution in [1.29, 1.82) is 0 Å². The Morgan fingerprint density at radius 3 is 2.45 bits per heavy atom. The van der Waals surface area contributed by atoms with Gasteiger partial charge in [-0.15, -0.1) is 0 Å². The van der Waals surface area contributed by atoms with E-state index in [1.54, 1.807) is 11.4 Å². The minimum atomic E-state index is -3.03. The van der Waals surface area contributed by atoms with E-state index in [9.17, 15) is 8.42 Å². The van der Waals surface area contributed by atoms with E-state index in [2.05, 4.69) is 29.5 Å². The van der Waals surface area contributed by atoms with E-state index in [1.165, 1.54) is 6.26 Å². The van der Waals surface area contributed by atoms with Crippen LogP contribution in [-0.2, 0) is 10.0 Å². The highest BCUT2D eigenvalue weighted by molar-refractivity contribution is 7.88. The van der Waals surface area contributed by atoms with Crippen molar-refractivity contribution in [2.24, 2.45) is 10.9 Å². The van der Waals surface area contributed by atoms with E-state index in [0.717, 1.165) is 31.8 Å². The predicted octanol–water partition coefficient (Wildman–Crippen LogP) is 0.622. The Kier molecular flexibility index (Phi) is 6.75. The zero-order valence-electron chi connectivity index (χ0n) is 13.0. The van der Waals surface area contributed by atoms with Crippen molar-refractivity contribution >= 4 is 16.0 Å². The molecule has 0 aliphatic carbocycles. The van der Waals surface area contributed by atoms with Gasteiger partial charge in [-0.3, -0.25) is 4.99 Å². The molecule has 1 heterocycles. The first-order valence-corrected chi connectivity index (χ1v) is 9.14. The molecule has 1 fully saturated rings. The Morgan fingerprint density at radius 1 is 1.40 bits per heavy atom. The monoisotopic (exact) mass is 304 g/mol. The quantitative estimate of drug-likeness (QED) is 0.577. The van der Waals surface area contributed by atoms with Crippen LogP contribution in [0.1, 0.15) is 33.1 Å². The summed E-state index contributed by atoms with van der Waals surface area (Å²) in [5.74, 6) is 1.33. The van der Waals surface area contributed by atoms with Gasteiger partial charge in [-0.1, -0.05) is 6.92 Å². The number of aliphatic imine (C=N–C) groups is 1. The summed E-state index contributed by atoms with van der Waals surface area (Å²) in [6.07, 6.45) is 4.14. The Balaban J connectivity index is 2.34. The molecular weight excluding hydrogens is 276 g/mol. The average molecular weight is 304 g/mol. The third-order valence-corrected chi connectivity index (χ3v) is 5.12. The number of piperidine rings is 1. The van der Waals surface area contributed by atoms with Gasteiger partial charge in [-0.25, -0.2) is 12.7 Å². The van der Waals surface area contributed by atoms with Gasteiger partial charge in [0.05, 0.1) is 6.26 Å². The van der Waals surface area contributed by atoms with Crippen molar-refractivity contribution in [3.05, 3.63) is 0 Å². The summed E-state index contributed by atoms with van der Waals surface area (Å²) in [5.41, 5.74) is 0. The van der Waals surface area contributed by atoms with Crippen molar-refractivity contribution in [2.45, 2.75) is 39.2 Å². The van der Waals surface area contributed by atoms with Crippen LogP contribution in [0.25, 0.3) is 0 Å². The molecule has 1 atom stereocenters. The first kappa shape index (κ1) is 17.2. The van der Waals surface area contributed by atoms with Gasteiger partial charge in [0.15, 0.2) is 5.96 Å². The molecule has 20 heavy (non-hydrogen) atoms. The van der Waals surface area contributed by atoms with E-state index in [0.29, 0.717) is 25.0 Å². The zero-order valence-corrected chi connectivity index (χ0v) is 13.8. The van der Waals surface area contributed by atoms with Crippen molar-refractivity contribution in [1.82, 2.24) is 14.9 Å². The van der Waals surface area contributed by atoms with Crippen LogP contribution in [0.15, 0.2) is 4.99 Å². The molecule has 0 amide bonds. The number of hydrogen-bond donors (Lipinski definition) is 2. The van der Waals surface area contributed by atoms with Crippen LogP contribution in [0.4, 0.5) is 0 Å². The maximum atomic E-state index is 11.4. The van der Waals surface area contributed by atoms with Gasteiger partial charge in [0, 0.05) is 32.7 Å². The summed E-state index contributed by atoms with van der Waals surface area (Å²) in [7, 11) is -1.26. The van der Waals surface area contributed by atoms with E-state index in [1.807, 2.05) is 0 Å². The van der Waals surface area contributed by atoms with Crippen molar-refractivity contribution in [3.8, 4) is 0 Å². The van der Waals surface area contributed by atoms with E-state index in [-0.39, 0.29) is 0 Å². The molecule has 6 nitrogen and oxygen atoms in total. The minimum absolute atomic E-state index is 0.397. The molecule has 0 radical (unpaired) electrons. The van der Waals surface area contributed by atoms with Crippen LogP contribution < -0.4 is 10.6 Å². The molecule has 0 saturated carbocycles. The third kappa shape index (κ3) is 5.66. The summed E-state index contributed by atoms with van der Waals surface area (Å²) < 4.78 is 24.4. The topological polar surface area (TPSA) is 73.8 Å². The SMILES string of the molecule is CCC(C)NC(=NC)NCC1CCN(S(C)(=O)=O)CC1. The van der Waals surface area contributed by atoms with Crippen LogP contribution in [0, 0.1) is 5.92 Å². The Labute approximate surface area is 123 Å². The summed E-state index contributed by atoms with van der Waals surface area (Å²) in [6.45, 7) is 6.35. The van der Waals surface area contributed by atoms with Crippen LogP contribution in [0.2, 0.25) is 0 Å². The van der Waals surface area contributed by atoms with Gasteiger partial charge in [0.1, 0.15) is 0 Å². The zero-order chi connectivity index (χ0) is 15.2. The van der Waals surface area contributed by atoms with E-state index < -0.39 is 10.0 Å². The van der Waals surface area contributed by atoms with E-state index in [4.69, 9.17) is 0 Å². The Hall–Kier alpha value is -0.820. The summed E-state index contributed by atoms with van der Waals surface area (Å²) in [4.78, 5) is 4.20. The van der Waals surface area contributed by atoms with Crippen molar-refractivity contribution < 1.29 is 8.42 Å². The van der Waals surface area contributed by atoms with E-state index >= 15 is 0 Å². The predicted molar refractivity (Wildman–Crippen MR) is 83.4 cm³/mol. The third-order valence-electron chi connectivity index (χ3n) is 3.82. The molecule has 1 saturated heterocycles. The lowest BCUT2D eigenvalue weighted by Gasteiger charge is -2.30. The fraction of sp³-hybridized carbons (Fsp3) is 0.923. The number of nitrogens with one attached hydrogen (secondary N) is 2. The fourth-order valence-electron chi connectivity index (χ4n) is 2.22. The molecule has 1 unspecified atom stereocenters. The minimum Gasteiger partial charge on any atom is -0.356 e. The Morgan fingerprint density at radius 2 is 2.00 bits per heavy atom. The molecule has 118 valence electrons. The number of rotatable bonds is 5. The summed E-state index contributed by atoms with van der Waals surface area (Å²) >= 11 is 0. The molecule has 0 bridgehead atoms. The molecular formula is C13H28N4O2S. The number of nitrogens with zero attached hydrogens (tertiary/aromatic N) is 2. The van der Waals surface area contributed by atoms with Crippen molar-refractivity contribution in [2.75, 3.05) is 32.9 Å². The smallest absolute Gasteiger partial charge is 0.211 e. The second-order valence-corrected chi connectivity index (χ2v) is 7.49. The number of guanidine groups is 1. The van der Waals surface area contributed by atoms with Gasteiger partial charge < -0.3 is 10.6 Å². The first-order chi connectivity index (χ1) is 9.36. The molecule has 1 rings (SSSR count). The van der Waals surface area contributed by atoms with Crippen LogP contribution >= 0.6 is 0 Å². The molecule has 2 N–H and O–H groups in total. The van der Waals surface area contributed by atoms with Gasteiger partial charge in [0.25, 0.3) is 0 Å². The molecule has 1 aliphatic heterocycles. The lowest BCUT2D eigenvalue weighted by molar-refractivity contribution is 0.274. The lowest BCUT2D eigenvalue weighted by atomic mass is 9.98. The van der Waals surface area contributed by atoms with Gasteiger partial charge in [-0.05, 0) is 32.1 Å². The highest BCUT2D eigenvalue weighted by Gasteiger charge is 2.24. The first-order valence-electron chi connectivity index (χ1n) is 7.29. The highest BCUT2D eigenvalue weighted by atomic mass is 32.2. The normalized spacial score (nSPS) is 20.7. The summed E-state index contributed by atoms with van der Waals surface area (Å²) in [5, 5.41) is 6.65. The van der Waals surface area contributed by atoms with Gasteiger partial charge in [0.2, 0.25) is 10.0 Å². The fourth-order valence-corrected chi connectivity index (χ4v) is 3.09. The lowest BCUT2D eigenvalue weighted by Crippen LogP contribution is -2.45. The molecule has 1 aliphatic rings. The Bertz CT molecular complexity index is 414. The van der Waals surface area contributed by atoms with Crippen LogP contribution in [0.3, 0.4) is 0 Å². The van der Waals surface area contributed by atoms with Crippen LogP contribution in [-0.4, -0.2) is 57.7 Å². The molecule has 0 aromatic carbocycles. The molecule has 0 aromatic heterocycles. The number of hydrogen-bond acceptors (Lipinski definition) is 3. The second-order valence-electron chi connectivity index (χ2n) is 5.51. The largest absolute Gasteiger partial charge is 0.356 e. The highest BCUT2D eigenvalue weighted by Crippen LogP contribution is 2.18. The molecule has 0 spiro atoms. The van der Waals surface area contributed by atoms with Gasteiger partial charge >= 0.3 is 0 Å². The standard InChI is InChI=1S/C13H28N4O2S/c1-5-11(2)16-13(14-3)15-10-12-6-8-17(9-7-12)20(4,18)19/h11-12H,5-10H2,1-4H3,(H2,14,15,16). The molecule has 0 aromatic rings. The van der Waals surface area contributed by atoms with Gasteiger partial charge in [-0.2, -0.15) is 0 Å².